The van der Waals surface area contributed by atoms with Crippen LogP contribution in [0.15, 0.2) is 0 Å². The first kappa shape index (κ1) is 14.6. The largest absolute Gasteiger partial charge is 0.353 e. The lowest BCUT2D eigenvalue weighted by Gasteiger charge is -2.59. The van der Waals surface area contributed by atoms with Crippen molar-refractivity contribution in [1.29, 1.82) is 0 Å². The number of halogens is 11. The van der Waals surface area contributed by atoms with Crippen molar-refractivity contribution in [3.63, 3.8) is 0 Å². The zero-order valence-electron chi connectivity index (χ0n) is 8.39. The van der Waals surface area contributed by atoms with Crippen LogP contribution in [0.25, 0.3) is 0 Å². The maximum atomic E-state index is 13.5. The van der Waals surface area contributed by atoms with Crippen LogP contribution in [-0.4, -0.2) is 41.7 Å². The number of hydrogen-bond donors (Lipinski definition) is 0. The average molecular weight is 308 g/mol. The molecule has 3 rings (SSSR count). The van der Waals surface area contributed by atoms with E-state index in [2.05, 4.69) is 0 Å². The molecular formula is C8H3F11. The molecule has 0 saturated heterocycles. The molecule has 3 fully saturated rings. The summed E-state index contributed by atoms with van der Waals surface area (Å²) in [7, 11) is 0. The zero-order chi connectivity index (χ0) is 15.2. The highest BCUT2D eigenvalue weighted by atomic mass is 19.3. The Labute approximate surface area is 97.1 Å². The molecule has 0 spiro atoms. The molecule has 2 bridgehead atoms. The van der Waals surface area contributed by atoms with Gasteiger partial charge < -0.3 is 0 Å². The predicted molar refractivity (Wildman–Crippen MR) is 36.9 cm³/mol. The maximum Gasteiger partial charge on any atom is 0.353 e. The van der Waals surface area contributed by atoms with E-state index >= 15 is 0 Å². The monoisotopic (exact) mass is 308 g/mol. The van der Waals surface area contributed by atoms with Crippen LogP contribution >= 0.6 is 0 Å². The van der Waals surface area contributed by atoms with Crippen molar-refractivity contribution in [2.45, 2.75) is 41.7 Å². The van der Waals surface area contributed by atoms with Gasteiger partial charge in [0.2, 0.25) is 0 Å². The lowest BCUT2D eigenvalue weighted by molar-refractivity contribution is -0.479. The van der Waals surface area contributed by atoms with Gasteiger partial charge in [0, 0.05) is 0 Å². The van der Waals surface area contributed by atoms with Gasteiger partial charge in [-0.25, -0.2) is 13.2 Å². The van der Waals surface area contributed by atoms with Gasteiger partial charge in [-0.05, 0) is 0 Å². The minimum Gasteiger partial charge on any atom is -0.243 e. The molecule has 3 saturated carbocycles. The molecule has 3 aliphatic rings. The van der Waals surface area contributed by atoms with Crippen LogP contribution in [-0.2, 0) is 0 Å². The Morgan fingerprint density at radius 1 is 0.579 bits per heavy atom. The topological polar surface area (TPSA) is 0 Å². The van der Waals surface area contributed by atoms with Crippen LogP contribution in [0.2, 0.25) is 0 Å². The summed E-state index contributed by atoms with van der Waals surface area (Å²) in [6.45, 7) is 0. The fourth-order valence-corrected chi connectivity index (χ4v) is 2.44. The second-order valence-electron chi connectivity index (χ2n) is 4.43. The first-order valence-corrected chi connectivity index (χ1v) is 4.67. The van der Waals surface area contributed by atoms with Crippen molar-refractivity contribution < 1.29 is 48.3 Å². The van der Waals surface area contributed by atoms with Gasteiger partial charge in [-0.3, -0.25) is 0 Å². The fraction of sp³-hybridized carbons (Fsp3) is 1.00. The number of rotatable bonds is 0. The highest BCUT2D eigenvalue weighted by molar-refractivity contribution is 5.32. The van der Waals surface area contributed by atoms with Crippen molar-refractivity contribution in [3.05, 3.63) is 0 Å². The van der Waals surface area contributed by atoms with E-state index < -0.39 is 47.6 Å². The molecule has 11 heteroatoms. The Morgan fingerprint density at radius 3 is 1.21 bits per heavy atom. The quantitative estimate of drug-likeness (QED) is 0.600. The van der Waals surface area contributed by atoms with E-state index in [0.717, 1.165) is 0 Å². The third-order valence-corrected chi connectivity index (χ3v) is 3.51. The number of hydrogen-bond acceptors (Lipinski definition) is 0. The van der Waals surface area contributed by atoms with Crippen molar-refractivity contribution >= 4 is 0 Å². The minimum absolute atomic E-state index is 4.19. The van der Waals surface area contributed by atoms with Crippen LogP contribution < -0.4 is 0 Å². The first-order chi connectivity index (χ1) is 8.19. The highest BCUT2D eigenvalue weighted by Crippen LogP contribution is 2.72. The van der Waals surface area contributed by atoms with Crippen LogP contribution in [0.4, 0.5) is 48.3 Å². The molecule has 112 valence electrons. The third-order valence-electron chi connectivity index (χ3n) is 3.51. The summed E-state index contributed by atoms with van der Waals surface area (Å²) in [5.74, 6) is -29.9. The average Bonchev–Trinajstić information content (AvgIpc) is 2.22. The molecule has 0 amide bonds. The molecule has 0 aromatic rings. The van der Waals surface area contributed by atoms with Gasteiger partial charge in [0.1, 0.15) is 12.1 Å². The molecule has 0 unspecified atom stereocenters. The van der Waals surface area contributed by atoms with E-state index in [9.17, 15) is 48.3 Å². The minimum atomic E-state index is -6.47. The molecule has 0 aromatic carbocycles. The van der Waals surface area contributed by atoms with Crippen molar-refractivity contribution in [2.24, 2.45) is 5.92 Å². The Balaban J connectivity index is 2.83. The molecule has 0 radical (unpaired) electrons. The van der Waals surface area contributed by atoms with Gasteiger partial charge in [0.05, 0.1) is 0 Å². The Hall–Kier alpha value is -0.770. The predicted octanol–water partition coefficient (Wildman–Crippen LogP) is 3.56. The summed E-state index contributed by atoms with van der Waals surface area (Å²) >= 11 is 0. The summed E-state index contributed by atoms with van der Waals surface area (Å²) < 4.78 is 143. The van der Waals surface area contributed by atoms with E-state index in [1.807, 2.05) is 0 Å². The van der Waals surface area contributed by atoms with Gasteiger partial charge in [0.15, 0.2) is 6.17 Å². The van der Waals surface area contributed by atoms with Crippen molar-refractivity contribution in [2.75, 3.05) is 0 Å². The zero-order valence-corrected chi connectivity index (χ0v) is 8.39. The molecule has 0 aliphatic heterocycles. The smallest absolute Gasteiger partial charge is 0.243 e. The van der Waals surface area contributed by atoms with Crippen molar-refractivity contribution in [1.82, 2.24) is 0 Å². The van der Waals surface area contributed by atoms with Gasteiger partial charge >= 0.3 is 23.7 Å². The molecule has 3 aliphatic carbocycles. The van der Waals surface area contributed by atoms with Crippen LogP contribution in [0.5, 0.6) is 0 Å². The second-order valence-corrected chi connectivity index (χ2v) is 4.43. The number of fused-ring (bicyclic) bond motifs is 3. The summed E-state index contributed by atoms with van der Waals surface area (Å²) in [6, 6.07) is 0. The maximum absolute atomic E-state index is 13.5. The Morgan fingerprint density at radius 2 is 0.895 bits per heavy atom. The van der Waals surface area contributed by atoms with Crippen molar-refractivity contribution in [3.8, 4) is 0 Å². The lowest BCUT2D eigenvalue weighted by atomic mass is 9.57. The van der Waals surface area contributed by atoms with Gasteiger partial charge in [-0.15, -0.1) is 0 Å². The SMILES string of the molecule is F[C@@H]1C2C(F)(F)C(F)(F)C(F)([C@H]1F)C(F)(F)C2(F)F. The van der Waals surface area contributed by atoms with Gasteiger partial charge in [-0.1, -0.05) is 0 Å². The number of alkyl halides is 11. The van der Waals surface area contributed by atoms with Gasteiger partial charge in [-0.2, -0.15) is 35.1 Å². The molecule has 0 heterocycles. The van der Waals surface area contributed by atoms with Crippen LogP contribution in [0.3, 0.4) is 0 Å². The van der Waals surface area contributed by atoms with E-state index in [-0.39, 0.29) is 0 Å². The van der Waals surface area contributed by atoms with Crippen LogP contribution in [0, 0.1) is 5.92 Å². The second kappa shape index (κ2) is 3.11. The highest BCUT2D eigenvalue weighted by Gasteiger charge is 3.01. The summed E-state index contributed by atoms with van der Waals surface area (Å²) in [6.07, 6.45) is -8.68. The molecule has 19 heavy (non-hydrogen) atoms. The van der Waals surface area contributed by atoms with E-state index in [0.29, 0.717) is 0 Å². The normalized spacial score (nSPS) is 49.1. The van der Waals surface area contributed by atoms with Gasteiger partial charge in [0.25, 0.3) is 5.67 Å². The summed E-state index contributed by atoms with van der Waals surface area (Å²) in [5, 5.41) is 0. The summed E-state index contributed by atoms with van der Waals surface area (Å²) in [5.41, 5.74) is -6.33. The third kappa shape index (κ3) is 1.07. The molecular weight excluding hydrogens is 305 g/mol. The van der Waals surface area contributed by atoms with E-state index in [1.54, 1.807) is 0 Å². The first-order valence-electron chi connectivity index (χ1n) is 4.67. The summed E-state index contributed by atoms with van der Waals surface area (Å²) in [4.78, 5) is 0. The van der Waals surface area contributed by atoms with Crippen LogP contribution in [0.1, 0.15) is 0 Å². The van der Waals surface area contributed by atoms with E-state index in [1.165, 1.54) is 0 Å². The molecule has 0 N–H and O–H groups in total. The Bertz CT molecular complexity index is 385. The molecule has 0 aromatic heterocycles. The molecule has 2 atom stereocenters. The standard InChI is InChI=1S/C8H3F11/c9-1-2-5(12,13)7(16,17)4(11,3(1)10)8(18,19)6(2,14)15/h1-3H/t1-,2?,3+,4?/m1/s1. The molecule has 0 nitrogen and oxygen atoms in total. The Kier molecular flexibility index (Phi) is 2.39. The fourth-order valence-electron chi connectivity index (χ4n) is 2.44. The lowest BCUT2D eigenvalue weighted by Crippen LogP contribution is -2.88. The van der Waals surface area contributed by atoms with E-state index in [4.69, 9.17) is 0 Å².